The van der Waals surface area contributed by atoms with Gasteiger partial charge in [0.25, 0.3) is 0 Å². The summed E-state index contributed by atoms with van der Waals surface area (Å²) in [5.41, 5.74) is 4.29. The maximum Gasteiger partial charge on any atom is 0.104 e. The zero-order valence-electron chi connectivity index (χ0n) is 8.94. The minimum atomic E-state index is 0.936. The zero-order chi connectivity index (χ0) is 11.0. The van der Waals surface area contributed by atoms with E-state index in [-0.39, 0.29) is 0 Å². The molecule has 0 aliphatic rings. The number of aromatic nitrogens is 3. The Morgan fingerprint density at radius 1 is 1.12 bits per heavy atom. The van der Waals surface area contributed by atoms with E-state index in [1.54, 1.807) is 6.20 Å². The summed E-state index contributed by atoms with van der Waals surface area (Å²) in [5, 5.41) is 0. The van der Waals surface area contributed by atoms with Crippen molar-refractivity contribution in [3.8, 4) is 11.1 Å². The molecule has 16 heavy (non-hydrogen) atoms. The van der Waals surface area contributed by atoms with Gasteiger partial charge >= 0.3 is 0 Å². The first-order valence-corrected chi connectivity index (χ1v) is 5.20. The molecule has 3 heteroatoms. The number of nitrogens with one attached hydrogen (secondary N) is 1. The Balaban J connectivity index is 2.31. The number of hydrogen-bond donors (Lipinski definition) is 1. The van der Waals surface area contributed by atoms with Crippen LogP contribution in [-0.2, 0) is 0 Å². The van der Waals surface area contributed by atoms with Crippen molar-refractivity contribution in [3.05, 3.63) is 48.5 Å². The molecule has 3 aromatic rings. The van der Waals surface area contributed by atoms with Gasteiger partial charge in [0, 0.05) is 23.5 Å². The Labute approximate surface area is 93.2 Å². The average molecular weight is 209 g/mol. The minimum absolute atomic E-state index is 0.936. The number of nitrogens with zero attached hydrogens (tertiary/aromatic N) is 2. The van der Waals surface area contributed by atoms with Crippen LogP contribution in [0.5, 0.6) is 0 Å². The van der Waals surface area contributed by atoms with Gasteiger partial charge < -0.3 is 4.98 Å². The Bertz CT molecular complexity index is 626. The molecule has 0 bridgehead atoms. The summed E-state index contributed by atoms with van der Waals surface area (Å²) in [6, 6.07) is 10.1. The summed E-state index contributed by atoms with van der Waals surface area (Å²) in [6.07, 6.45) is 3.64. The molecular formula is C13H11N3. The third kappa shape index (κ3) is 1.37. The van der Waals surface area contributed by atoms with Gasteiger partial charge in [-0.05, 0) is 19.1 Å². The highest BCUT2D eigenvalue weighted by Gasteiger charge is 2.06. The number of aromatic amines is 1. The van der Waals surface area contributed by atoms with Crippen molar-refractivity contribution >= 4 is 11.0 Å². The van der Waals surface area contributed by atoms with Crippen LogP contribution < -0.4 is 0 Å². The van der Waals surface area contributed by atoms with E-state index in [0.29, 0.717) is 0 Å². The van der Waals surface area contributed by atoms with E-state index in [1.807, 2.05) is 37.4 Å². The maximum absolute atomic E-state index is 4.51. The predicted octanol–water partition coefficient (Wildman–Crippen LogP) is 2.93. The van der Waals surface area contributed by atoms with Crippen molar-refractivity contribution < 1.29 is 0 Å². The van der Waals surface area contributed by atoms with Crippen molar-refractivity contribution in [1.82, 2.24) is 15.0 Å². The molecule has 0 spiro atoms. The van der Waals surface area contributed by atoms with E-state index < -0.39 is 0 Å². The number of pyridine rings is 1. The fourth-order valence-electron chi connectivity index (χ4n) is 1.91. The summed E-state index contributed by atoms with van der Waals surface area (Å²) in [7, 11) is 0. The molecule has 3 nitrogen and oxygen atoms in total. The lowest BCUT2D eigenvalue weighted by atomic mass is 10.1. The van der Waals surface area contributed by atoms with Crippen LogP contribution in [0.15, 0.2) is 42.7 Å². The van der Waals surface area contributed by atoms with Crippen LogP contribution in [0.4, 0.5) is 0 Å². The normalized spacial score (nSPS) is 10.8. The monoisotopic (exact) mass is 209 g/mol. The number of fused-ring (bicyclic) bond motifs is 1. The van der Waals surface area contributed by atoms with Crippen LogP contribution in [0, 0.1) is 6.92 Å². The molecule has 0 amide bonds. The van der Waals surface area contributed by atoms with Gasteiger partial charge in [0.1, 0.15) is 5.82 Å². The fraction of sp³-hybridized carbons (Fsp3) is 0.0769. The number of benzene rings is 1. The number of rotatable bonds is 1. The predicted molar refractivity (Wildman–Crippen MR) is 64.1 cm³/mol. The first kappa shape index (κ1) is 9.09. The molecule has 0 aliphatic heterocycles. The Kier molecular flexibility index (Phi) is 1.96. The number of aryl methyl sites for hydroxylation is 1. The Morgan fingerprint density at radius 3 is 2.88 bits per heavy atom. The summed E-state index contributed by atoms with van der Waals surface area (Å²) >= 11 is 0. The molecule has 0 radical (unpaired) electrons. The van der Waals surface area contributed by atoms with E-state index >= 15 is 0 Å². The maximum atomic E-state index is 4.51. The molecule has 0 fully saturated rings. The Hall–Kier alpha value is -2.16. The lowest BCUT2D eigenvalue weighted by Gasteiger charge is -2.00. The highest BCUT2D eigenvalue weighted by molar-refractivity contribution is 5.91. The van der Waals surface area contributed by atoms with Gasteiger partial charge in [0.2, 0.25) is 0 Å². The van der Waals surface area contributed by atoms with E-state index in [4.69, 9.17) is 0 Å². The highest BCUT2D eigenvalue weighted by atomic mass is 14.9. The molecule has 0 saturated heterocycles. The summed E-state index contributed by atoms with van der Waals surface area (Å²) in [4.78, 5) is 11.9. The third-order valence-electron chi connectivity index (χ3n) is 2.60. The second-order valence-electron chi connectivity index (χ2n) is 3.77. The summed E-state index contributed by atoms with van der Waals surface area (Å²) in [5.74, 6) is 0.936. The van der Waals surface area contributed by atoms with Gasteiger partial charge in [0.05, 0.1) is 11.0 Å². The van der Waals surface area contributed by atoms with Gasteiger partial charge in [-0.25, -0.2) is 4.98 Å². The third-order valence-corrected chi connectivity index (χ3v) is 2.60. The van der Waals surface area contributed by atoms with Crippen molar-refractivity contribution in [2.24, 2.45) is 0 Å². The second-order valence-corrected chi connectivity index (χ2v) is 3.77. The lowest BCUT2D eigenvalue weighted by molar-refractivity contribution is 1.17. The molecule has 1 N–H and O–H groups in total. The van der Waals surface area contributed by atoms with Crippen molar-refractivity contribution in [2.45, 2.75) is 6.92 Å². The summed E-state index contributed by atoms with van der Waals surface area (Å²) in [6.45, 7) is 1.97. The van der Waals surface area contributed by atoms with Gasteiger partial charge in [-0.3, -0.25) is 4.98 Å². The van der Waals surface area contributed by atoms with Gasteiger partial charge in [0.15, 0.2) is 0 Å². The van der Waals surface area contributed by atoms with Gasteiger partial charge in [-0.1, -0.05) is 18.2 Å². The molecule has 0 unspecified atom stereocenters. The second kappa shape index (κ2) is 3.45. The molecule has 3 rings (SSSR count). The van der Waals surface area contributed by atoms with Gasteiger partial charge in [-0.15, -0.1) is 0 Å². The molecule has 78 valence electrons. The van der Waals surface area contributed by atoms with E-state index in [9.17, 15) is 0 Å². The average Bonchev–Trinajstić information content (AvgIpc) is 2.70. The van der Waals surface area contributed by atoms with E-state index in [0.717, 1.165) is 28.0 Å². The standard InChI is InChI=1S/C13H11N3/c1-9-15-12-6-2-5-11(13(12)16-9)10-4-3-7-14-8-10/h2-8H,1H3,(H,15,16). The molecule has 2 heterocycles. The van der Waals surface area contributed by atoms with Crippen molar-refractivity contribution in [1.29, 1.82) is 0 Å². The molecule has 0 aliphatic carbocycles. The molecular weight excluding hydrogens is 198 g/mol. The van der Waals surface area contributed by atoms with Crippen LogP contribution in [-0.4, -0.2) is 15.0 Å². The zero-order valence-corrected chi connectivity index (χ0v) is 8.94. The van der Waals surface area contributed by atoms with Crippen molar-refractivity contribution in [2.75, 3.05) is 0 Å². The van der Waals surface area contributed by atoms with Crippen molar-refractivity contribution in [3.63, 3.8) is 0 Å². The molecule has 0 saturated carbocycles. The topological polar surface area (TPSA) is 41.6 Å². The highest BCUT2D eigenvalue weighted by Crippen LogP contribution is 2.26. The fourth-order valence-corrected chi connectivity index (χ4v) is 1.91. The van der Waals surface area contributed by atoms with Crippen LogP contribution in [0.1, 0.15) is 5.82 Å². The SMILES string of the molecule is Cc1nc2c(-c3cccnc3)cccc2[nH]1. The molecule has 2 aromatic heterocycles. The van der Waals surface area contributed by atoms with E-state index in [1.165, 1.54) is 0 Å². The summed E-state index contributed by atoms with van der Waals surface area (Å²) < 4.78 is 0. The number of imidazole rings is 1. The van der Waals surface area contributed by atoms with Crippen LogP contribution in [0.25, 0.3) is 22.2 Å². The largest absolute Gasteiger partial charge is 0.342 e. The van der Waals surface area contributed by atoms with Crippen LogP contribution in [0.2, 0.25) is 0 Å². The number of hydrogen-bond acceptors (Lipinski definition) is 2. The molecule has 1 aromatic carbocycles. The van der Waals surface area contributed by atoms with E-state index in [2.05, 4.69) is 21.0 Å². The molecule has 0 atom stereocenters. The quantitative estimate of drug-likeness (QED) is 0.669. The smallest absolute Gasteiger partial charge is 0.104 e. The van der Waals surface area contributed by atoms with Crippen LogP contribution in [0.3, 0.4) is 0 Å². The number of para-hydroxylation sites is 1. The first-order chi connectivity index (χ1) is 7.84. The minimum Gasteiger partial charge on any atom is -0.342 e. The first-order valence-electron chi connectivity index (χ1n) is 5.20. The Morgan fingerprint density at radius 2 is 2.06 bits per heavy atom. The number of H-pyrrole nitrogens is 1. The lowest BCUT2D eigenvalue weighted by Crippen LogP contribution is -1.81. The van der Waals surface area contributed by atoms with Crippen LogP contribution >= 0.6 is 0 Å². The van der Waals surface area contributed by atoms with Gasteiger partial charge in [-0.2, -0.15) is 0 Å².